The Morgan fingerprint density at radius 2 is 2.00 bits per heavy atom. The highest BCUT2D eigenvalue weighted by molar-refractivity contribution is 5.60. The third-order valence-corrected chi connectivity index (χ3v) is 6.40. The Bertz CT molecular complexity index is 1010. The molecule has 0 aromatic carbocycles. The van der Waals surface area contributed by atoms with Crippen molar-refractivity contribution in [1.29, 1.82) is 0 Å². The standard InChI is InChI=1S/C19H28FN5O3/c1-3-9-6-7-24(8-11(9)21)16-13(20)14(22)12-15(17(16)28-2)25(10-4-5-10)19(27)23-18(12)26/h9-11,13,16H,3-8,21-22H2,1-2H3,(H,23,26,27). The quantitative estimate of drug-likeness (QED) is 0.571. The highest BCUT2D eigenvalue weighted by Gasteiger charge is 2.42. The number of H-pyrrole nitrogens is 1. The highest BCUT2D eigenvalue weighted by Crippen LogP contribution is 2.33. The molecule has 8 nitrogen and oxygen atoms in total. The fourth-order valence-corrected chi connectivity index (χ4v) is 4.71. The van der Waals surface area contributed by atoms with Crippen molar-refractivity contribution in [1.82, 2.24) is 14.5 Å². The number of aromatic nitrogens is 2. The molecule has 4 rings (SSSR count). The van der Waals surface area contributed by atoms with E-state index in [-0.39, 0.29) is 28.8 Å². The van der Waals surface area contributed by atoms with Crippen molar-refractivity contribution in [2.75, 3.05) is 20.2 Å². The summed E-state index contributed by atoms with van der Waals surface area (Å²) >= 11 is 0. The van der Waals surface area contributed by atoms with Gasteiger partial charge in [-0.2, -0.15) is 0 Å². The first-order valence-corrected chi connectivity index (χ1v) is 9.95. The number of aromatic amines is 1. The van der Waals surface area contributed by atoms with Crippen LogP contribution >= 0.6 is 0 Å². The normalized spacial score (nSPS) is 31.0. The van der Waals surface area contributed by atoms with E-state index in [0.717, 1.165) is 25.7 Å². The Morgan fingerprint density at radius 3 is 2.57 bits per heavy atom. The second-order valence-corrected chi connectivity index (χ2v) is 8.07. The molecule has 154 valence electrons. The molecule has 1 saturated heterocycles. The summed E-state index contributed by atoms with van der Waals surface area (Å²) in [7, 11) is 1.45. The highest BCUT2D eigenvalue weighted by atomic mass is 19.1. The lowest BCUT2D eigenvalue weighted by Gasteiger charge is -2.43. The Morgan fingerprint density at radius 1 is 1.29 bits per heavy atom. The number of likely N-dealkylation sites (tertiary alicyclic amines) is 1. The van der Waals surface area contributed by atoms with Gasteiger partial charge in [-0.3, -0.25) is 19.2 Å². The van der Waals surface area contributed by atoms with E-state index < -0.39 is 23.5 Å². The smallest absolute Gasteiger partial charge is 0.329 e. The number of methoxy groups -OCH3 is 1. The molecular weight excluding hydrogens is 365 g/mol. The second kappa shape index (κ2) is 7.04. The average Bonchev–Trinajstić information content (AvgIpc) is 3.48. The summed E-state index contributed by atoms with van der Waals surface area (Å²) in [4.78, 5) is 29.2. The van der Waals surface area contributed by atoms with Crippen LogP contribution in [0.2, 0.25) is 0 Å². The van der Waals surface area contributed by atoms with Crippen LogP contribution in [0, 0.1) is 5.92 Å². The predicted molar refractivity (Wildman–Crippen MR) is 103 cm³/mol. The lowest BCUT2D eigenvalue weighted by molar-refractivity contribution is 0.0868. The van der Waals surface area contributed by atoms with Gasteiger partial charge in [0.2, 0.25) is 0 Å². The Kier molecular flexibility index (Phi) is 4.83. The zero-order valence-electron chi connectivity index (χ0n) is 16.3. The lowest BCUT2D eigenvalue weighted by atomic mass is 9.87. The summed E-state index contributed by atoms with van der Waals surface area (Å²) < 4.78 is 22.6. The van der Waals surface area contributed by atoms with Crippen LogP contribution in [0.25, 0.3) is 11.5 Å². The molecular formula is C19H28FN5O3. The van der Waals surface area contributed by atoms with E-state index in [4.69, 9.17) is 16.2 Å². The minimum atomic E-state index is -1.61. The van der Waals surface area contributed by atoms with E-state index in [1.165, 1.54) is 11.7 Å². The molecule has 0 radical (unpaired) electrons. The zero-order chi connectivity index (χ0) is 20.2. The predicted octanol–water partition coefficient (Wildman–Crippen LogP) is -1.53. The van der Waals surface area contributed by atoms with Crippen LogP contribution < -0.4 is 33.3 Å². The van der Waals surface area contributed by atoms with Gasteiger partial charge in [0, 0.05) is 18.6 Å². The fraction of sp³-hybridized carbons (Fsp3) is 0.684. The maximum Gasteiger partial charge on any atom is 0.329 e. The largest absolute Gasteiger partial charge is 0.497 e. The van der Waals surface area contributed by atoms with Gasteiger partial charge in [0.25, 0.3) is 5.56 Å². The molecule has 0 bridgehead atoms. The molecule has 1 aromatic heterocycles. The number of fused-ring (bicyclic) bond motifs is 1. The number of hydrogen-bond donors (Lipinski definition) is 3. The first-order valence-electron chi connectivity index (χ1n) is 9.95. The maximum absolute atomic E-state index is 15.5. The van der Waals surface area contributed by atoms with E-state index in [1.807, 2.05) is 4.90 Å². The molecule has 4 atom stereocenters. The third kappa shape index (κ3) is 2.88. The van der Waals surface area contributed by atoms with Gasteiger partial charge in [-0.1, -0.05) is 13.3 Å². The second-order valence-electron chi connectivity index (χ2n) is 8.07. The van der Waals surface area contributed by atoms with Crippen molar-refractivity contribution in [3.05, 3.63) is 31.4 Å². The van der Waals surface area contributed by atoms with Crippen LogP contribution in [0.5, 0.6) is 0 Å². The van der Waals surface area contributed by atoms with Crippen molar-refractivity contribution in [2.24, 2.45) is 17.4 Å². The number of ether oxygens (including phenoxy) is 1. The Balaban J connectivity index is 1.94. The molecule has 4 unspecified atom stereocenters. The van der Waals surface area contributed by atoms with Crippen LogP contribution in [-0.4, -0.2) is 52.9 Å². The summed E-state index contributed by atoms with van der Waals surface area (Å²) in [6.45, 7) is 3.27. The van der Waals surface area contributed by atoms with Gasteiger partial charge in [-0.25, -0.2) is 9.18 Å². The van der Waals surface area contributed by atoms with Crippen molar-refractivity contribution >= 4 is 11.5 Å². The topological polar surface area (TPSA) is 119 Å². The Labute approximate surface area is 161 Å². The molecule has 0 spiro atoms. The van der Waals surface area contributed by atoms with Gasteiger partial charge in [0.05, 0.1) is 23.4 Å². The van der Waals surface area contributed by atoms with Gasteiger partial charge in [0.15, 0.2) is 6.17 Å². The van der Waals surface area contributed by atoms with E-state index in [0.29, 0.717) is 24.4 Å². The average molecular weight is 393 g/mol. The lowest BCUT2D eigenvalue weighted by Crippen LogP contribution is -2.64. The number of nitrogens with two attached hydrogens (primary N) is 2. The van der Waals surface area contributed by atoms with Gasteiger partial charge < -0.3 is 16.2 Å². The molecule has 2 heterocycles. The number of rotatable bonds is 4. The number of piperidine rings is 1. The van der Waals surface area contributed by atoms with E-state index >= 15 is 4.39 Å². The molecule has 3 aliphatic rings. The molecule has 1 aromatic rings. The molecule has 5 N–H and O–H groups in total. The van der Waals surface area contributed by atoms with Crippen molar-refractivity contribution in [3.63, 3.8) is 0 Å². The van der Waals surface area contributed by atoms with E-state index in [9.17, 15) is 9.59 Å². The zero-order valence-corrected chi connectivity index (χ0v) is 16.3. The molecule has 2 aliphatic carbocycles. The molecule has 0 amide bonds. The van der Waals surface area contributed by atoms with Crippen LogP contribution in [-0.2, 0) is 4.74 Å². The molecule has 1 aliphatic heterocycles. The van der Waals surface area contributed by atoms with Crippen LogP contribution in [0.1, 0.15) is 38.6 Å². The van der Waals surface area contributed by atoms with Gasteiger partial charge in [0.1, 0.15) is 11.8 Å². The third-order valence-electron chi connectivity index (χ3n) is 6.40. The number of nitrogens with one attached hydrogen (secondary N) is 1. The number of halogens is 1. The van der Waals surface area contributed by atoms with Gasteiger partial charge in [-0.15, -0.1) is 0 Å². The molecule has 1 saturated carbocycles. The van der Waals surface area contributed by atoms with Crippen LogP contribution in [0.15, 0.2) is 9.59 Å². The van der Waals surface area contributed by atoms with Crippen molar-refractivity contribution < 1.29 is 9.13 Å². The fourth-order valence-electron chi connectivity index (χ4n) is 4.71. The summed E-state index contributed by atoms with van der Waals surface area (Å²) in [5.74, 6) is 0.680. The number of alkyl halides is 1. The van der Waals surface area contributed by atoms with Crippen LogP contribution in [0.4, 0.5) is 4.39 Å². The Hall–Kier alpha value is -2.13. The first-order chi connectivity index (χ1) is 13.4. The van der Waals surface area contributed by atoms with Crippen LogP contribution in [0.3, 0.4) is 0 Å². The number of hydrogen-bond acceptors (Lipinski definition) is 6. The van der Waals surface area contributed by atoms with Gasteiger partial charge >= 0.3 is 5.69 Å². The first kappa shape index (κ1) is 19.2. The molecule has 2 fully saturated rings. The summed E-state index contributed by atoms with van der Waals surface area (Å²) in [5.41, 5.74) is 11.1. The minimum absolute atomic E-state index is 0.0137. The summed E-state index contributed by atoms with van der Waals surface area (Å²) in [6, 6.07) is -0.898. The molecule has 28 heavy (non-hydrogen) atoms. The van der Waals surface area contributed by atoms with Crippen molar-refractivity contribution in [2.45, 2.75) is 56.9 Å². The summed E-state index contributed by atoms with van der Waals surface area (Å²) in [5, 5.41) is 0.334. The van der Waals surface area contributed by atoms with Crippen molar-refractivity contribution in [3.8, 4) is 0 Å². The SMILES string of the molecule is CCC1CCN(C2C(OC)=c3c(c(=O)[nH]c(=O)n3C3CC3)=C(N)C2F)CC1N. The minimum Gasteiger partial charge on any atom is -0.497 e. The van der Waals surface area contributed by atoms with E-state index in [1.54, 1.807) is 0 Å². The van der Waals surface area contributed by atoms with E-state index in [2.05, 4.69) is 11.9 Å². The van der Waals surface area contributed by atoms with Gasteiger partial charge in [-0.05, 0) is 31.7 Å². The monoisotopic (exact) mass is 393 g/mol. The maximum atomic E-state index is 15.5. The summed E-state index contributed by atoms with van der Waals surface area (Å²) in [6.07, 6.45) is 1.87. The molecule has 9 heteroatoms. The number of nitrogens with zero attached hydrogens (tertiary/aromatic N) is 2.